The maximum absolute atomic E-state index is 13.6. The number of ketones is 1. The smallest absolute Gasteiger partial charge is 0.290 e. The summed E-state index contributed by atoms with van der Waals surface area (Å²) in [5.74, 6) is -0.106. The van der Waals surface area contributed by atoms with Gasteiger partial charge in [-0.2, -0.15) is 0 Å². The van der Waals surface area contributed by atoms with Gasteiger partial charge in [0.2, 0.25) is 0 Å². The van der Waals surface area contributed by atoms with Crippen LogP contribution in [0.1, 0.15) is 44.7 Å². The zero-order chi connectivity index (χ0) is 22.1. The van der Waals surface area contributed by atoms with E-state index in [0.29, 0.717) is 23.6 Å². The van der Waals surface area contributed by atoms with Crippen LogP contribution in [0, 0.1) is 5.92 Å². The number of hydrogen-bond acceptors (Lipinski definition) is 5. The molecule has 0 spiro atoms. The summed E-state index contributed by atoms with van der Waals surface area (Å²) in [5.41, 5.74) is 1.41. The number of fused-ring (bicyclic) bond motifs is 1. The van der Waals surface area contributed by atoms with Gasteiger partial charge in [0.1, 0.15) is 6.10 Å². The summed E-state index contributed by atoms with van der Waals surface area (Å²) < 4.78 is 11.7. The summed E-state index contributed by atoms with van der Waals surface area (Å²) in [7, 11) is 1.69. The van der Waals surface area contributed by atoms with Crippen molar-refractivity contribution in [3.8, 4) is 0 Å². The molecule has 3 aliphatic rings. The Morgan fingerprint density at radius 2 is 1.87 bits per heavy atom. The molecule has 7 heteroatoms. The van der Waals surface area contributed by atoms with Crippen LogP contribution < -0.4 is 0 Å². The lowest BCUT2D eigenvalue weighted by Crippen LogP contribution is -2.43. The molecule has 1 aromatic rings. The second kappa shape index (κ2) is 9.31. The molecule has 0 N–H and O–H groups in total. The Morgan fingerprint density at radius 3 is 2.52 bits per heavy atom. The summed E-state index contributed by atoms with van der Waals surface area (Å²) in [5, 5.41) is 0.626. The van der Waals surface area contributed by atoms with Crippen molar-refractivity contribution in [1.82, 2.24) is 9.80 Å². The third-order valence-electron chi connectivity index (χ3n) is 6.97. The van der Waals surface area contributed by atoms with Crippen molar-refractivity contribution in [2.45, 2.75) is 51.4 Å². The van der Waals surface area contributed by atoms with E-state index in [1.165, 1.54) is 0 Å². The molecule has 1 saturated carbocycles. The zero-order valence-electron chi connectivity index (χ0n) is 18.5. The molecule has 4 atom stereocenters. The first-order valence-electron chi connectivity index (χ1n) is 11.2. The van der Waals surface area contributed by atoms with Crippen LogP contribution in [0.25, 0.3) is 0 Å². The normalized spacial score (nSPS) is 28.1. The van der Waals surface area contributed by atoms with E-state index in [0.717, 1.165) is 38.0 Å². The second-order valence-corrected chi connectivity index (χ2v) is 8.96. The molecule has 6 nitrogen and oxygen atoms in total. The van der Waals surface area contributed by atoms with Crippen LogP contribution in [0.4, 0.5) is 0 Å². The molecular formula is C24H31ClN2O4. The van der Waals surface area contributed by atoms with Gasteiger partial charge in [0, 0.05) is 31.6 Å². The molecule has 0 radical (unpaired) electrons. The highest BCUT2D eigenvalue weighted by Crippen LogP contribution is 2.47. The Kier molecular flexibility index (Phi) is 6.70. The lowest BCUT2D eigenvalue weighted by molar-refractivity contribution is -0.138. The summed E-state index contributed by atoms with van der Waals surface area (Å²) in [6.07, 6.45) is 1.98. The van der Waals surface area contributed by atoms with Crippen molar-refractivity contribution in [1.29, 1.82) is 0 Å². The number of carbonyl (C=O) groups excluding carboxylic acids is 2. The van der Waals surface area contributed by atoms with E-state index in [1.54, 1.807) is 12.0 Å². The van der Waals surface area contributed by atoms with Crippen molar-refractivity contribution < 1.29 is 19.1 Å². The molecule has 168 valence electrons. The number of amides is 1. The van der Waals surface area contributed by atoms with Gasteiger partial charge < -0.3 is 19.3 Å². The van der Waals surface area contributed by atoms with Gasteiger partial charge in [-0.3, -0.25) is 9.59 Å². The van der Waals surface area contributed by atoms with E-state index in [2.05, 4.69) is 18.7 Å². The predicted octanol–water partition coefficient (Wildman–Crippen LogP) is 3.60. The fourth-order valence-corrected chi connectivity index (χ4v) is 5.23. The Bertz CT molecular complexity index is 865. The molecule has 2 heterocycles. The molecule has 0 saturated heterocycles. The summed E-state index contributed by atoms with van der Waals surface area (Å²) in [6.45, 7) is 7.33. The lowest BCUT2D eigenvalue weighted by atomic mass is 9.76. The van der Waals surface area contributed by atoms with Gasteiger partial charge in [0.05, 0.1) is 23.6 Å². The summed E-state index contributed by atoms with van der Waals surface area (Å²) in [6, 6.07) is 7.00. The first kappa shape index (κ1) is 22.3. The summed E-state index contributed by atoms with van der Waals surface area (Å²) in [4.78, 5) is 31.2. The topological polar surface area (TPSA) is 59.1 Å². The van der Waals surface area contributed by atoms with Crippen molar-refractivity contribution in [3.63, 3.8) is 0 Å². The average molecular weight is 447 g/mol. The molecule has 1 aliphatic carbocycles. The Balaban J connectivity index is 1.69. The molecule has 1 aromatic carbocycles. The average Bonchev–Trinajstić information content (AvgIpc) is 3.06. The van der Waals surface area contributed by atoms with Crippen LogP contribution in [-0.2, 0) is 19.1 Å². The molecule has 4 unspecified atom stereocenters. The highest BCUT2D eigenvalue weighted by molar-refractivity contribution is 6.30. The minimum atomic E-state index is -0.427. The molecule has 0 bridgehead atoms. The standard InChI is InChI=1S/C24H31ClN2O4/c1-4-26(5-2)12-13-27-21(15-6-8-16(25)9-7-15)20-22(28)18-11-10-17(30-3)14-19(18)31-23(20)24(27)29/h6-9,17-19,21H,4-5,10-14H2,1-3H3. The Morgan fingerprint density at radius 1 is 1.16 bits per heavy atom. The van der Waals surface area contributed by atoms with Crippen LogP contribution in [0.5, 0.6) is 0 Å². The van der Waals surface area contributed by atoms with Gasteiger partial charge >= 0.3 is 0 Å². The minimum absolute atomic E-state index is 0.0550. The number of ether oxygens (including phenoxy) is 2. The number of benzene rings is 1. The van der Waals surface area contributed by atoms with E-state index in [-0.39, 0.29) is 35.6 Å². The lowest BCUT2D eigenvalue weighted by Gasteiger charge is -2.38. The molecule has 31 heavy (non-hydrogen) atoms. The first-order chi connectivity index (χ1) is 15.0. The molecule has 1 amide bonds. The number of Topliss-reactive ketones (excluding diaryl/α,β-unsaturated/α-hetero) is 1. The number of hydrogen-bond donors (Lipinski definition) is 0. The highest BCUT2D eigenvalue weighted by Gasteiger charge is 2.52. The van der Waals surface area contributed by atoms with Crippen molar-refractivity contribution in [3.05, 3.63) is 46.2 Å². The van der Waals surface area contributed by atoms with E-state index in [1.807, 2.05) is 24.3 Å². The number of rotatable bonds is 7. The van der Waals surface area contributed by atoms with Crippen molar-refractivity contribution >= 4 is 23.3 Å². The fourth-order valence-electron chi connectivity index (χ4n) is 5.10. The van der Waals surface area contributed by atoms with E-state index < -0.39 is 6.04 Å². The SMILES string of the molecule is CCN(CC)CCN1C(=O)C2=C(C(=O)C3CCC(OC)CC3O2)C1c1ccc(Cl)cc1. The molecule has 1 fully saturated rings. The van der Waals surface area contributed by atoms with Gasteiger partial charge in [0.15, 0.2) is 11.5 Å². The number of carbonyl (C=O) groups is 2. The second-order valence-electron chi connectivity index (χ2n) is 8.52. The highest BCUT2D eigenvalue weighted by atomic mass is 35.5. The van der Waals surface area contributed by atoms with Crippen LogP contribution in [0.2, 0.25) is 5.02 Å². The Labute approximate surface area is 189 Å². The monoisotopic (exact) mass is 446 g/mol. The van der Waals surface area contributed by atoms with Gasteiger partial charge in [-0.05, 0) is 43.6 Å². The number of likely N-dealkylation sites (N-methyl/N-ethyl adjacent to an activating group) is 1. The number of nitrogens with zero attached hydrogens (tertiary/aromatic N) is 2. The van der Waals surface area contributed by atoms with E-state index in [4.69, 9.17) is 21.1 Å². The van der Waals surface area contributed by atoms with Crippen molar-refractivity contribution in [2.75, 3.05) is 33.3 Å². The van der Waals surface area contributed by atoms with Crippen LogP contribution >= 0.6 is 11.6 Å². The van der Waals surface area contributed by atoms with Gasteiger partial charge in [-0.15, -0.1) is 0 Å². The molecule has 0 aromatic heterocycles. The van der Waals surface area contributed by atoms with Crippen LogP contribution in [-0.4, -0.2) is 67.0 Å². The molecule has 4 rings (SSSR count). The third kappa shape index (κ3) is 4.13. The third-order valence-corrected chi connectivity index (χ3v) is 7.22. The quantitative estimate of drug-likeness (QED) is 0.640. The minimum Gasteiger partial charge on any atom is -0.483 e. The van der Waals surface area contributed by atoms with Gasteiger partial charge in [0.25, 0.3) is 5.91 Å². The van der Waals surface area contributed by atoms with E-state index >= 15 is 0 Å². The number of methoxy groups -OCH3 is 1. The molecule has 2 aliphatic heterocycles. The van der Waals surface area contributed by atoms with Crippen molar-refractivity contribution in [2.24, 2.45) is 5.92 Å². The first-order valence-corrected chi connectivity index (χ1v) is 11.6. The number of halogens is 1. The van der Waals surface area contributed by atoms with Gasteiger partial charge in [-0.1, -0.05) is 37.6 Å². The van der Waals surface area contributed by atoms with Gasteiger partial charge in [-0.25, -0.2) is 0 Å². The van der Waals surface area contributed by atoms with Crippen LogP contribution in [0.15, 0.2) is 35.6 Å². The zero-order valence-corrected chi connectivity index (χ0v) is 19.2. The fraction of sp³-hybridized carbons (Fsp3) is 0.583. The van der Waals surface area contributed by atoms with E-state index in [9.17, 15) is 9.59 Å². The maximum Gasteiger partial charge on any atom is 0.290 e. The summed E-state index contributed by atoms with van der Waals surface area (Å²) >= 11 is 6.11. The largest absolute Gasteiger partial charge is 0.483 e. The van der Waals surface area contributed by atoms with Crippen LogP contribution in [0.3, 0.4) is 0 Å². The maximum atomic E-state index is 13.6. The predicted molar refractivity (Wildman–Crippen MR) is 119 cm³/mol. The Hall–Kier alpha value is -1.89. The molecular weight excluding hydrogens is 416 g/mol.